The van der Waals surface area contributed by atoms with E-state index in [1.165, 1.54) is 0 Å². The van der Waals surface area contributed by atoms with Crippen LogP contribution in [0, 0.1) is 0 Å². The molecule has 4 heavy (non-hydrogen) atoms. The molecule has 0 heterocycles. The van der Waals surface area contributed by atoms with Crippen molar-refractivity contribution in [2.24, 2.45) is 0 Å². The Hall–Kier alpha value is 0.303. The maximum atomic E-state index is 8.38. The molecule has 0 radical (unpaired) electrons. The van der Waals surface area contributed by atoms with Crippen LogP contribution in [-0.4, -0.2) is 16.5 Å². The molecule has 0 aliphatic carbocycles. The molecule has 0 aliphatic rings. The van der Waals surface area contributed by atoms with Crippen molar-refractivity contribution in [2.75, 3.05) is 0 Å². The van der Waals surface area contributed by atoms with E-state index in [1.54, 1.807) is 0 Å². The zero-order chi connectivity index (χ0) is 2.00. The average molecular weight is 124 g/mol. The second kappa shape index (κ2) is 191. The first-order valence-corrected chi connectivity index (χ1v) is 1.50. The predicted molar refractivity (Wildman–Crippen MR) is 21.0 cm³/mol. The van der Waals surface area contributed by atoms with Gasteiger partial charge in [-0.05, 0) is 0 Å². The van der Waals surface area contributed by atoms with Crippen molar-refractivity contribution in [2.45, 2.75) is 7.43 Å². The monoisotopic (exact) mass is 125 g/mol. The van der Waals surface area contributed by atoms with Crippen molar-refractivity contribution >= 4 is 16.5 Å². The van der Waals surface area contributed by atoms with Crippen molar-refractivity contribution in [3.05, 3.63) is 0 Å². The second-order valence-electron chi connectivity index (χ2n) is 0. The van der Waals surface area contributed by atoms with Gasteiger partial charge in [-0.2, -0.15) is 0 Å². The van der Waals surface area contributed by atoms with Crippen LogP contribution in [0.2, 0.25) is 0 Å². The summed E-state index contributed by atoms with van der Waals surface area (Å²) in [5.41, 5.74) is 0. The third-order valence-electron chi connectivity index (χ3n) is 0. The van der Waals surface area contributed by atoms with E-state index in [-0.39, 0.29) is 30.0 Å². The molecule has 0 aromatic rings. The molecule has 0 aromatic heterocycles. The molecule has 0 aliphatic heterocycles. The van der Waals surface area contributed by atoms with E-state index in [2.05, 4.69) is 0 Å². The Morgan fingerprint density at radius 3 is 1.25 bits per heavy atom. The van der Waals surface area contributed by atoms with Crippen molar-refractivity contribution < 1.29 is 3.78 Å². The molecule has 28 valence electrons. The second-order valence-corrected chi connectivity index (χ2v) is 0. The van der Waals surface area contributed by atoms with E-state index in [0.29, 0.717) is 0 Å². The Labute approximate surface area is 34.6 Å². The van der Waals surface area contributed by atoms with Gasteiger partial charge in [-0.15, -0.1) is 0 Å². The Balaban J connectivity index is -0.00000000500. The van der Waals surface area contributed by atoms with E-state index in [9.17, 15) is 0 Å². The number of rotatable bonds is 0. The summed E-state index contributed by atoms with van der Waals surface area (Å²) in [7, 11) is 0. The van der Waals surface area contributed by atoms with E-state index in [0.717, 1.165) is 0 Å². The van der Waals surface area contributed by atoms with Crippen molar-refractivity contribution in [1.82, 2.24) is 6.15 Å². The van der Waals surface area contributed by atoms with E-state index in [4.69, 9.17) is 3.78 Å². The van der Waals surface area contributed by atoms with Gasteiger partial charge in [-0.1, -0.05) is 7.43 Å². The maximum absolute atomic E-state index is 8.38. The first kappa shape index (κ1) is 27.7. The molecule has 0 bridgehead atoms. The first-order valence-electron chi connectivity index (χ1n) is 0.289. The zero-order valence-corrected chi connectivity index (χ0v) is 4.79. The summed E-state index contributed by atoms with van der Waals surface area (Å²) in [6.07, 6.45) is 0. The van der Waals surface area contributed by atoms with Gasteiger partial charge in [0.1, 0.15) is 0 Å². The molecule has 0 atom stereocenters. The molecule has 0 spiro atoms. The van der Waals surface area contributed by atoms with Crippen LogP contribution < -0.4 is 6.15 Å². The third kappa shape index (κ3) is 42.6. The van der Waals surface area contributed by atoms with Gasteiger partial charge >= 0.3 is 20.2 Å². The van der Waals surface area contributed by atoms with Crippen molar-refractivity contribution in [3.63, 3.8) is 0 Å². The molecule has 3 heteroatoms. The van der Waals surface area contributed by atoms with Gasteiger partial charge in [-0.25, -0.2) is 0 Å². The fraction of sp³-hybridized carbons (Fsp3) is 1.00. The Morgan fingerprint density at radius 1 is 1.25 bits per heavy atom. The van der Waals surface area contributed by atoms with Crippen LogP contribution in [0.1, 0.15) is 7.43 Å². The van der Waals surface area contributed by atoms with Crippen molar-refractivity contribution in [3.8, 4) is 0 Å². The van der Waals surface area contributed by atoms with Crippen molar-refractivity contribution in [1.29, 1.82) is 0 Å². The topological polar surface area (TPSA) is 52.1 Å². The molecule has 0 amide bonds. The van der Waals surface area contributed by atoms with Crippen LogP contribution in [0.4, 0.5) is 0 Å². The summed E-state index contributed by atoms with van der Waals surface area (Å²) in [4.78, 5) is 0. The van der Waals surface area contributed by atoms with Gasteiger partial charge in [0.2, 0.25) is 0 Å². The summed E-state index contributed by atoms with van der Waals surface area (Å²) in [5.74, 6) is 0. The van der Waals surface area contributed by atoms with Gasteiger partial charge in [0.05, 0.1) is 0 Å². The fourth-order valence-corrected chi connectivity index (χ4v) is 0. The molecule has 3 N–H and O–H groups in total. The summed E-state index contributed by atoms with van der Waals surface area (Å²) in [6.45, 7) is 0. The van der Waals surface area contributed by atoms with Gasteiger partial charge in [-0.3, -0.25) is 0 Å². The van der Waals surface area contributed by atoms with Crippen LogP contribution in [0.15, 0.2) is 0 Å². The third-order valence-corrected chi connectivity index (χ3v) is 0. The van der Waals surface area contributed by atoms with Gasteiger partial charge < -0.3 is 6.15 Å². The Bertz CT molecular complexity index is 8.00. The first-order chi connectivity index (χ1) is 1.00. The summed E-state index contributed by atoms with van der Waals surface area (Å²) in [5, 5.41) is 0. The normalized spacial score (nSPS) is 1.00. The van der Waals surface area contributed by atoms with Crippen LogP contribution in [-0.2, 0) is 3.78 Å². The summed E-state index contributed by atoms with van der Waals surface area (Å²) < 4.78 is 8.38. The Kier molecular flexibility index (Phi) is 1320. The van der Waals surface area contributed by atoms with Gasteiger partial charge in [0.15, 0.2) is 0 Å². The average Bonchev–Trinajstić information content (AvgIpc) is 1.00. The number of hydrogen-bond acceptors (Lipinski definition) is 2. The van der Waals surface area contributed by atoms with Gasteiger partial charge in [0.25, 0.3) is 0 Å². The minimum absolute atomic E-state index is 0. The molecule has 2 nitrogen and oxygen atoms in total. The summed E-state index contributed by atoms with van der Waals surface area (Å²) in [6, 6.07) is 0. The molecular formula is CH9GeNO. The van der Waals surface area contributed by atoms with Crippen LogP contribution >= 0.6 is 0 Å². The number of hydrogen-bond donors (Lipinski definition) is 1. The predicted octanol–water partition coefficient (Wildman–Crippen LogP) is -0.237. The fourth-order valence-electron chi connectivity index (χ4n) is 0. The van der Waals surface area contributed by atoms with Crippen LogP contribution in [0.3, 0.4) is 0 Å². The molecule has 0 unspecified atom stereocenters. The van der Waals surface area contributed by atoms with E-state index >= 15 is 0 Å². The molecule has 0 fully saturated rings. The van der Waals surface area contributed by atoms with E-state index in [1.807, 2.05) is 0 Å². The van der Waals surface area contributed by atoms with Crippen LogP contribution in [0.5, 0.6) is 0 Å². The quantitative estimate of drug-likeness (QED) is 0.453. The Morgan fingerprint density at radius 2 is 1.25 bits per heavy atom. The van der Waals surface area contributed by atoms with Gasteiger partial charge in [0, 0.05) is 0 Å². The standard InChI is InChI=1S/CH4.GeH2O.H3N/c;1-2;/h1H4;1H2;1H3. The van der Waals surface area contributed by atoms with E-state index < -0.39 is 0 Å². The zero-order valence-electron chi connectivity index (χ0n) is 1.82. The molecule has 0 saturated carbocycles. The molecule has 0 saturated heterocycles. The SMILES string of the molecule is C.N.[O]=[GeH2]. The molecular weight excluding hydrogens is 115 g/mol. The minimum atomic E-state index is 0. The van der Waals surface area contributed by atoms with Crippen LogP contribution in [0.25, 0.3) is 0 Å². The molecule has 0 aromatic carbocycles. The molecule has 0 rings (SSSR count). The summed E-state index contributed by atoms with van der Waals surface area (Å²) >= 11 is 0.125.